The molecule has 0 saturated heterocycles. The Morgan fingerprint density at radius 1 is 1.56 bits per heavy atom. The summed E-state index contributed by atoms with van der Waals surface area (Å²) in [6.45, 7) is 0. The molecule has 0 amide bonds. The smallest absolute Gasteiger partial charge is 0.127 e. The molecule has 1 aromatic rings. The van der Waals surface area contributed by atoms with Crippen molar-refractivity contribution in [3.63, 3.8) is 0 Å². The lowest BCUT2D eigenvalue weighted by Crippen LogP contribution is -2.49. The van der Waals surface area contributed by atoms with Crippen LogP contribution in [-0.4, -0.2) is 23.9 Å². The second-order valence-corrected chi connectivity index (χ2v) is 4.77. The predicted octanol–water partition coefficient (Wildman–Crippen LogP) is 2.56. The maximum atomic E-state index is 13.5. The third kappa shape index (κ3) is 2.21. The Morgan fingerprint density at radius 3 is 2.81 bits per heavy atom. The van der Waals surface area contributed by atoms with Crippen LogP contribution in [0, 0.1) is 5.82 Å². The van der Waals surface area contributed by atoms with Crippen LogP contribution in [0.3, 0.4) is 0 Å². The maximum absolute atomic E-state index is 13.5. The topological polar surface area (TPSA) is 29.5 Å². The first kappa shape index (κ1) is 11.8. The van der Waals surface area contributed by atoms with Gasteiger partial charge in [0.25, 0.3) is 0 Å². The lowest BCUT2D eigenvalue weighted by molar-refractivity contribution is -0.126. The van der Waals surface area contributed by atoms with Crippen molar-refractivity contribution in [3.05, 3.63) is 34.6 Å². The number of benzene rings is 1. The van der Waals surface area contributed by atoms with Crippen molar-refractivity contribution in [2.45, 2.75) is 31.0 Å². The zero-order valence-electron chi connectivity index (χ0n) is 9.04. The second-order valence-electron chi connectivity index (χ2n) is 4.37. The molecule has 4 heteroatoms. The minimum atomic E-state index is -0.869. The van der Waals surface area contributed by atoms with Crippen molar-refractivity contribution < 1.29 is 14.2 Å². The minimum Gasteiger partial charge on any atom is -0.389 e. The number of ether oxygens (including phenoxy) is 1. The van der Waals surface area contributed by atoms with Crippen LogP contribution in [-0.2, 0) is 11.2 Å². The predicted molar refractivity (Wildman–Crippen MR) is 60.1 cm³/mol. The van der Waals surface area contributed by atoms with E-state index in [1.54, 1.807) is 19.2 Å². The molecular formula is C12H14ClFO2. The molecule has 16 heavy (non-hydrogen) atoms. The van der Waals surface area contributed by atoms with Crippen LogP contribution in [0.15, 0.2) is 18.2 Å². The molecular weight excluding hydrogens is 231 g/mol. The van der Waals surface area contributed by atoms with Crippen molar-refractivity contribution in [1.82, 2.24) is 0 Å². The molecule has 2 nitrogen and oxygen atoms in total. The van der Waals surface area contributed by atoms with E-state index in [4.69, 9.17) is 16.3 Å². The van der Waals surface area contributed by atoms with Crippen LogP contribution in [0.4, 0.5) is 4.39 Å². The summed E-state index contributed by atoms with van der Waals surface area (Å²) in [7, 11) is 1.61. The largest absolute Gasteiger partial charge is 0.389 e. The number of aliphatic hydroxyl groups is 1. The Balaban J connectivity index is 2.10. The Labute approximate surface area is 99.0 Å². The van der Waals surface area contributed by atoms with Crippen molar-refractivity contribution >= 4 is 11.6 Å². The fraction of sp³-hybridized carbons (Fsp3) is 0.500. The van der Waals surface area contributed by atoms with Crippen LogP contribution in [0.1, 0.15) is 18.4 Å². The van der Waals surface area contributed by atoms with Gasteiger partial charge in [0.05, 0.1) is 11.7 Å². The molecule has 88 valence electrons. The first-order valence-corrected chi connectivity index (χ1v) is 5.60. The zero-order chi connectivity index (χ0) is 11.8. The van der Waals surface area contributed by atoms with Gasteiger partial charge < -0.3 is 9.84 Å². The first-order chi connectivity index (χ1) is 7.54. The van der Waals surface area contributed by atoms with Crippen LogP contribution >= 0.6 is 11.6 Å². The van der Waals surface area contributed by atoms with Crippen LogP contribution in [0.5, 0.6) is 0 Å². The van der Waals surface area contributed by atoms with E-state index >= 15 is 0 Å². The van der Waals surface area contributed by atoms with Crippen molar-refractivity contribution in [3.8, 4) is 0 Å². The van der Waals surface area contributed by atoms with Crippen LogP contribution in [0.2, 0.25) is 5.02 Å². The number of methoxy groups -OCH3 is 1. The SMILES string of the molecule is COC1CC(O)(Cc2c(F)cccc2Cl)C1. The Hall–Kier alpha value is -0.640. The van der Waals surface area contributed by atoms with Gasteiger partial charge in [-0.2, -0.15) is 0 Å². The molecule has 0 atom stereocenters. The van der Waals surface area contributed by atoms with Gasteiger partial charge in [-0.3, -0.25) is 0 Å². The van der Waals surface area contributed by atoms with Gasteiger partial charge >= 0.3 is 0 Å². The highest BCUT2D eigenvalue weighted by Crippen LogP contribution is 2.38. The van der Waals surface area contributed by atoms with E-state index in [0.717, 1.165) is 0 Å². The number of rotatable bonds is 3. The quantitative estimate of drug-likeness (QED) is 0.886. The fourth-order valence-electron chi connectivity index (χ4n) is 2.13. The van der Waals surface area contributed by atoms with Gasteiger partial charge in [0.1, 0.15) is 5.82 Å². The summed E-state index contributed by atoms with van der Waals surface area (Å²) >= 11 is 5.90. The number of hydrogen-bond acceptors (Lipinski definition) is 2. The van der Waals surface area contributed by atoms with Gasteiger partial charge in [-0.25, -0.2) is 4.39 Å². The molecule has 0 spiro atoms. The molecule has 0 aromatic heterocycles. The van der Waals surface area contributed by atoms with E-state index in [9.17, 15) is 9.50 Å². The molecule has 1 aromatic carbocycles. The van der Waals surface area contributed by atoms with E-state index in [1.165, 1.54) is 6.07 Å². The third-order valence-electron chi connectivity index (χ3n) is 3.12. The van der Waals surface area contributed by atoms with E-state index in [-0.39, 0.29) is 18.3 Å². The molecule has 1 fully saturated rings. The zero-order valence-corrected chi connectivity index (χ0v) is 9.80. The Morgan fingerprint density at radius 2 is 2.25 bits per heavy atom. The van der Waals surface area contributed by atoms with E-state index in [2.05, 4.69) is 0 Å². The standard InChI is InChI=1S/C12H14ClFO2/c1-16-8-5-12(15,6-8)7-9-10(13)3-2-4-11(9)14/h2-4,8,15H,5-7H2,1H3. The van der Waals surface area contributed by atoms with Gasteiger partial charge in [0.15, 0.2) is 0 Å². The summed E-state index contributed by atoms with van der Waals surface area (Å²) < 4.78 is 18.6. The Bertz CT molecular complexity index is 368. The van der Waals surface area contributed by atoms with Gasteiger partial charge in [-0.1, -0.05) is 17.7 Å². The van der Waals surface area contributed by atoms with Gasteiger partial charge in [0.2, 0.25) is 0 Å². The molecule has 0 aliphatic heterocycles. The molecule has 0 bridgehead atoms. The Kier molecular flexibility index (Phi) is 3.19. The molecule has 1 aliphatic rings. The lowest BCUT2D eigenvalue weighted by atomic mass is 9.73. The third-order valence-corrected chi connectivity index (χ3v) is 3.47. The van der Waals surface area contributed by atoms with Crippen LogP contribution in [0.25, 0.3) is 0 Å². The van der Waals surface area contributed by atoms with Gasteiger partial charge in [-0.15, -0.1) is 0 Å². The second kappa shape index (κ2) is 4.32. The van der Waals surface area contributed by atoms with Gasteiger partial charge in [-0.05, 0) is 12.1 Å². The normalized spacial score (nSPS) is 28.9. The highest BCUT2D eigenvalue weighted by molar-refractivity contribution is 6.31. The van der Waals surface area contributed by atoms with Gasteiger partial charge in [0, 0.05) is 37.0 Å². The van der Waals surface area contributed by atoms with Crippen molar-refractivity contribution in [2.24, 2.45) is 0 Å². The average Bonchev–Trinajstić information content (AvgIpc) is 2.20. The van der Waals surface area contributed by atoms with E-state index in [1.807, 2.05) is 0 Å². The molecule has 1 N–H and O–H groups in total. The summed E-state index contributed by atoms with van der Waals surface area (Å²) in [5, 5.41) is 10.5. The van der Waals surface area contributed by atoms with Crippen molar-refractivity contribution in [1.29, 1.82) is 0 Å². The molecule has 1 aliphatic carbocycles. The summed E-state index contributed by atoms with van der Waals surface area (Å²) in [6, 6.07) is 4.55. The lowest BCUT2D eigenvalue weighted by Gasteiger charge is -2.43. The maximum Gasteiger partial charge on any atom is 0.127 e. The molecule has 0 heterocycles. The summed E-state index contributed by atoms with van der Waals surface area (Å²) in [5.74, 6) is -0.359. The highest BCUT2D eigenvalue weighted by Gasteiger charge is 2.43. The highest BCUT2D eigenvalue weighted by atomic mass is 35.5. The van der Waals surface area contributed by atoms with E-state index < -0.39 is 5.60 Å². The molecule has 0 unspecified atom stereocenters. The van der Waals surface area contributed by atoms with Crippen molar-refractivity contribution in [2.75, 3.05) is 7.11 Å². The number of halogens is 2. The summed E-state index contributed by atoms with van der Waals surface area (Å²) in [4.78, 5) is 0. The summed E-state index contributed by atoms with van der Waals surface area (Å²) in [6.07, 6.45) is 1.40. The summed E-state index contributed by atoms with van der Waals surface area (Å²) in [5.41, 5.74) is -0.479. The van der Waals surface area contributed by atoms with Crippen LogP contribution < -0.4 is 0 Å². The monoisotopic (exact) mass is 244 g/mol. The molecule has 2 rings (SSSR count). The fourth-order valence-corrected chi connectivity index (χ4v) is 2.36. The van der Waals surface area contributed by atoms with E-state index in [0.29, 0.717) is 23.4 Å². The average molecular weight is 245 g/mol. The first-order valence-electron chi connectivity index (χ1n) is 5.22. The molecule has 1 saturated carbocycles. The minimum absolute atomic E-state index is 0.0792. The molecule has 0 radical (unpaired) electrons. The number of hydrogen-bond donors (Lipinski definition) is 1.